The van der Waals surface area contributed by atoms with Gasteiger partial charge >= 0.3 is 0 Å². The van der Waals surface area contributed by atoms with Crippen LogP contribution in [0.3, 0.4) is 0 Å². The van der Waals surface area contributed by atoms with Crippen molar-refractivity contribution in [1.82, 2.24) is 9.62 Å². The van der Waals surface area contributed by atoms with Crippen LogP contribution in [0.2, 0.25) is 0 Å². The number of nitrogens with zero attached hydrogens (tertiary/aromatic N) is 1. The summed E-state index contributed by atoms with van der Waals surface area (Å²) in [5, 5.41) is 3.29. The van der Waals surface area contributed by atoms with E-state index in [2.05, 4.69) is 5.32 Å². The molecule has 0 aromatic heterocycles. The highest BCUT2D eigenvalue weighted by atomic mass is 32.2. The Morgan fingerprint density at radius 3 is 2.56 bits per heavy atom. The van der Waals surface area contributed by atoms with Gasteiger partial charge in [-0.3, -0.25) is 4.79 Å². The maximum Gasteiger partial charge on any atom is 0.258 e. The maximum absolute atomic E-state index is 11.7. The standard InChI is InChI=1S/C10H18N2O3S/c1-10(2)9(13)12(16(10,14)15)7-3-6-11-8-4-5-8/h8,11H,3-7H2,1-2H3. The van der Waals surface area contributed by atoms with Crippen LogP contribution in [0.4, 0.5) is 0 Å². The fourth-order valence-electron chi connectivity index (χ4n) is 1.79. The van der Waals surface area contributed by atoms with Crippen molar-refractivity contribution < 1.29 is 13.2 Å². The third-order valence-corrected chi connectivity index (χ3v) is 5.62. The van der Waals surface area contributed by atoms with Crippen LogP contribution in [0.15, 0.2) is 0 Å². The van der Waals surface area contributed by atoms with E-state index < -0.39 is 14.8 Å². The third-order valence-electron chi connectivity index (χ3n) is 3.22. The van der Waals surface area contributed by atoms with Crippen LogP contribution < -0.4 is 5.32 Å². The SMILES string of the molecule is CC1(C)C(=O)N(CCCNC2CC2)S1(=O)=O. The minimum absolute atomic E-state index is 0.279. The largest absolute Gasteiger partial charge is 0.314 e. The van der Waals surface area contributed by atoms with E-state index in [0.29, 0.717) is 19.0 Å². The van der Waals surface area contributed by atoms with Crippen LogP contribution in [0.1, 0.15) is 33.1 Å². The van der Waals surface area contributed by atoms with E-state index >= 15 is 0 Å². The highest BCUT2D eigenvalue weighted by Crippen LogP contribution is 2.34. The molecule has 1 aliphatic carbocycles. The fourth-order valence-corrected chi connectivity index (χ4v) is 3.36. The number of sulfonamides is 1. The molecule has 0 radical (unpaired) electrons. The maximum atomic E-state index is 11.7. The van der Waals surface area contributed by atoms with E-state index in [-0.39, 0.29) is 5.91 Å². The second-order valence-corrected chi connectivity index (χ2v) is 7.39. The first-order chi connectivity index (χ1) is 7.37. The fraction of sp³-hybridized carbons (Fsp3) is 0.900. The molecule has 5 nitrogen and oxygen atoms in total. The highest BCUT2D eigenvalue weighted by Gasteiger charge is 2.59. The minimum Gasteiger partial charge on any atom is -0.314 e. The van der Waals surface area contributed by atoms with Gasteiger partial charge in [-0.1, -0.05) is 0 Å². The Hall–Kier alpha value is -0.620. The zero-order chi connectivity index (χ0) is 12.0. The second kappa shape index (κ2) is 3.70. The molecular formula is C10H18N2O3S. The number of rotatable bonds is 5. The van der Waals surface area contributed by atoms with E-state index in [0.717, 1.165) is 10.8 Å². The molecule has 2 fully saturated rings. The van der Waals surface area contributed by atoms with Gasteiger partial charge in [-0.05, 0) is 39.7 Å². The van der Waals surface area contributed by atoms with Crippen LogP contribution in [-0.2, 0) is 14.8 Å². The summed E-state index contributed by atoms with van der Waals surface area (Å²) in [5.41, 5.74) is 0. The Morgan fingerprint density at radius 1 is 1.44 bits per heavy atom. The predicted molar refractivity (Wildman–Crippen MR) is 60.4 cm³/mol. The summed E-state index contributed by atoms with van der Waals surface area (Å²) in [4.78, 5) is 11.6. The Morgan fingerprint density at radius 2 is 2.06 bits per heavy atom. The molecule has 1 N–H and O–H groups in total. The summed E-state index contributed by atoms with van der Waals surface area (Å²) in [7, 11) is -3.38. The molecule has 6 heteroatoms. The Bertz CT molecular complexity index is 398. The Labute approximate surface area is 96.2 Å². The zero-order valence-electron chi connectivity index (χ0n) is 9.69. The average molecular weight is 246 g/mol. The van der Waals surface area contributed by atoms with Crippen molar-refractivity contribution in [3.8, 4) is 0 Å². The summed E-state index contributed by atoms with van der Waals surface area (Å²) >= 11 is 0. The van der Waals surface area contributed by atoms with Crippen molar-refractivity contribution in [2.75, 3.05) is 13.1 Å². The van der Waals surface area contributed by atoms with Crippen LogP contribution in [0.25, 0.3) is 0 Å². The molecule has 1 saturated heterocycles. The molecule has 92 valence electrons. The van der Waals surface area contributed by atoms with Gasteiger partial charge in [0.25, 0.3) is 15.9 Å². The number of carbonyl (C=O) groups excluding carboxylic acids is 1. The summed E-state index contributed by atoms with van der Waals surface area (Å²) < 4.78 is 23.2. The first kappa shape index (κ1) is 11.9. The van der Waals surface area contributed by atoms with Gasteiger partial charge in [0, 0.05) is 12.6 Å². The van der Waals surface area contributed by atoms with Crippen molar-refractivity contribution >= 4 is 15.9 Å². The number of hydrogen-bond donors (Lipinski definition) is 1. The monoisotopic (exact) mass is 246 g/mol. The lowest BCUT2D eigenvalue weighted by Crippen LogP contribution is -2.67. The lowest BCUT2D eigenvalue weighted by molar-refractivity contribution is -0.132. The van der Waals surface area contributed by atoms with Gasteiger partial charge in [-0.2, -0.15) is 0 Å². The Balaban J connectivity index is 1.80. The van der Waals surface area contributed by atoms with Gasteiger partial charge in [0.05, 0.1) is 0 Å². The summed E-state index contributed by atoms with van der Waals surface area (Å²) in [6, 6.07) is 0.625. The van der Waals surface area contributed by atoms with Crippen LogP contribution in [0, 0.1) is 0 Å². The molecule has 0 atom stereocenters. The lowest BCUT2D eigenvalue weighted by Gasteiger charge is -2.43. The van der Waals surface area contributed by atoms with Crippen molar-refractivity contribution in [3.63, 3.8) is 0 Å². The van der Waals surface area contributed by atoms with Gasteiger partial charge in [-0.25, -0.2) is 12.7 Å². The summed E-state index contributed by atoms with van der Waals surface area (Å²) in [5.74, 6) is -0.279. The molecule has 2 rings (SSSR count). The predicted octanol–water partition coefficient (Wildman–Crippen LogP) is 0.0791. The number of nitrogens with one attached hydrogen (secondary N) is 1. The van der Waals surface area contributed by atoms with Crippen molar-refractivity contribution in [2.24, 2.45) is 0 Å². The zero-order valence-corrected chi connectivity index (χ0v) is 10.5. The van der Waals surface area contributed by atoms with Crippen molar-refractivity contribution in [2.45, 2.75) is 43.9 Å². The van der Waals surface area contributed by atoms with Crippen LogP contribution in [-0.4, -0.2) is 42.5 Å². The van der Waals surface area contributed by atoms with E-state index in [1.54, 1.807) is 0 Å². The van der Waals surface area contributed by atoms with E-state index in [9.17, 15) is 13.2 Å². The van der Waals surface area contributed by atoms with Crippen LogP contribution in [0.5, 0.6) is 0 Å². The van der Waals surface area contributed by atoms with E-state index in [1.165, 1.54) is 26.7 Å². The number of carbonyl (C=O) groups is 1. The topological polar surface area (TPSA) is 66.5 Å². The lowest BCUT2D eigenvalue weighted by atomic mass is 10.2. The van der Waals surface area contributed by atoms with Crippen LogP contribution >= 0.6 is 0 Å². The first-order valence-electron chi connectivity index (χ1n) is 5.67. The first-order valence-corrected chi connectivity index (χ1v) is 7.11. The quantitative estimate of drug-likeness (QED) is 0.698. The molecule has 0 spiro atoms. The molecule has 16 heavy (non-hydrogen) atoms. The highest BCUT2D eigenvalue weighted by molar-refractivity contribution is 7.94. The average Bonchev–Trinajstić information content (AvgIpc) is 3.00. The summed E-state index contributed by atoms with van der Waals surface area (Å²) in [6.45, 7) is 4.02. The van der Waals surface area contributed by atoms with Gasteiger partial charge in [-0.15, -0.1) is 0 Å². The number of hydrogen-bond acceptors (Lipinski definition) is 4. The molecule has 1 amide bonds. The van der Waals surface area contributed by atoms with Gasteiger partial charge in [0.2, 0.25) is 0 Å². The molecule has 1 aliphatic heterocycles. The molecule has 0 unspecified atom stereocenters. The molecule has 2 aliphatic rings. The molecule has 1 saturated carbocycles. The molecule has 0 bridgehead atoms. The Kier molecular flexibility index (Phi) is 2.74. The third kappa shape index (κ3) is 1.73. The van der Waals surface area contributed by atoms with Gasteiger partial charge < -0.3 is 5.32 Å². The summed E-state index contributed by atoms with van der Waals surface area (Å²) in [6.07, 6.45) is 3.12. The van der Waals surface area contributed by atoms with Gasteiger partial charge in [0.15, 0.2) is 4.75 Å². The minimum atomic E-state index is -3.38. The second-order valence-electron chi connectivity index (χ2n) is 4.97. The smallest absolute Gasteiger partial charge is 0.258 e. The number of amides is 1. The van der Waals surface area contributed by atoms with E-state index in [4.69, 9.17) is 0 Å². The molecule has 1 heterocycles. The molecule has 0 aromatic carbocycles. The van der Waals surface area contributed by atoms with Crippen molar-refractivity contribution in [1.29, 1.82) is 0 Å². The normalized spacial score (nSPS) is 26.6. The molecular weight excluding hydrogens is 228 g/mol. The van der Waals surface area contributed by atoms with E-state index in [1.807, 2.05) is 0 Å². The van der Waals surface area contributed by atoms with Gasteiger partial charge in [0.1, 0.15) is 0 Å². The van der Waals surface area contributed by atoms with Crippen molar-refractivity contribution in [3.05, 3.63) is 0 Å². The molecule has 0 aromatic rings.